The largest absolute Gasteiger partial charge is 0.472 e. The van der Waals surface area contributed by atoms with Crippen LogP contribution in [-0.2, 0) is 6.42 Å². The maximum absolute atomic E-state index is 11.1. The lowest BCUT2D eigenvalue weighted by Gasteiger charge is -2.64. The molecule has 0 saturated heterocycles. The molecule has 1 aromatic rings. The van der Waals surface area contributed by atoms with E-state index in [1.54, 1.807) is 6.26 Å². The Hall–Kier alpha value is -0.800. The molecule has 0 aromatic carbocycles. The topological polar surface area (TPSA) is 53.6 Å². The first-order valence-corrected chi connectivity index (χ1v) is 9.13. The van der Waals surface area contributed by atoms with E-state index in [0.29, 0.717) is 18.3 Å². The first-order valence-electron chi connectivity index (χ1n) is 9.13. The lowest BCUT2D eigenvalue weighted by Crippen LogP contribution is -2.65. The lowest BCUT2D eigenvalue weighted by molar-refractivity contribution is -0.235. The predicted octanol–water partition coefficient (Wildman–Crippen LogP) is 4.18. The zero-order valence-electron chi connectivity index (χ0n) is 15.0. The van der Waals surface area contributed by atoms with Crippen molar-refractivity contribution in [3.8, 4) is 0 Å². The van der Waals surface area contributed by atoms with Crippen LogP contribution < -0.4 is 0 Å². The first-order chi connectivity index (χ1) is 10.7. The maximum Gasteiger partial charge on any atom is 0.0934 e. The number of furan rings is 1. The molecule has 0 amide bonds. The SMILES string of the molecule is CC1CCC2(C)C(CCC(O)C2(C)O)C1(C)CCc1ccoc1. The van der Waals surface area contributed by atoms with Gasteiger partial charge in [0.2, 0.25) is 0 Å². The molecule has 3 rings (SSSR count). The third-order valence-electron chi connectivity index (χ3n) is 7.85. The number of hydrogen-bond acceptors (Lipinski definition) is 3. The van der Waals surface area contributed by atoms with Crippen LogP contribution in [0.5, 0.6) is 0 Å². The highest BCUT2D eigenvalue weighted by atomic mass is 16.3. The minimum atomic E-state index is -0.993. The van der Waals surface area contributed by atoms with Crippen molar-refractivity contribution in [2.45, 2.75) is 77.9 Å². The Balaban J connectivity index is 1.89. The van der Waals surface area contributed by atoms with Gasteiger partial charge in [-0.25, -0.2) is 0 Å². The van der Waals surface area contributed by atoms with Gasteiger partial charge in [-0.15, -0.1) is 0 Å². The van der Waals surface area contributed by atoms with Gasteiger partial charge in [-0.1, -0.05) is 20.8 Å². The third kappa shape index (κ3) is 2.47. The van der Waals surface area contributed by atoms with Gasteiger partial charge in [0.25, 0.3) is 0 Å². The van der Waals surface area contributed by atoms with Crippen molar-refractivity contribution in [3.63, 3.8) is 0 Å². The van der Waals surface area contributed by atoms with E-state index < -0.39 is 11.7 Å². The lowest BCUT2D eigenvalue weighted by atomic mass is 9.43. The number of rotatable bonds is 3. The molecule has 2 aliphatic carbocycles. The van der Waals surface area contributed by atoms with Crippen LogP contribution in [0.3, 0.4) is 0 Å². The summed E-state index contributed by atoms with van der Waals surface area (Å²) in [6, 6.07) is 2.05. The van der Waals surface area contributed by atoms with E-state index in [1.165, 1.54) is 5.56 Å². The van der Waals surface area contributed by atoms with Crippen molar-refractivity contribution in [2.24, 2.45) is 22.7 Å². The van der Waals surface area contributed by atoms with Crippen molar-refractivity contribution in [3.05, 3.63) is 24.2 Å². The van der Waals surface area contributed by atoms with Crippen molar-refractivity contribution < 1.29 is 14.6 Å². The Kier molecular flexibility index (Phi) is 4.17. The molecule has 2 saturated carbocycles. The molecule has 0 radical (unpaired) electrons. The fourth-order valence-electron chi connectivity index (χ4n) is 5.60. The molecule has 6 unspecified atom stereocenters. The van der Waals surface area contributed by atoms with E-state index in [9.17, 15) is 10.2 Å². The molecular weight excluding hydrogens is 288 g/mol. The molecule has 2 fully saturated rings. The summed E-state index contributed by atoms with van der Waals surface area (Å²) in [6.07, 6.45) is 8.97. The highest BCUT2D eigenvalue weighted by Gasteiger charge is 2.62. The number of hydrogen-bond donors (Lipinski definition) is 2. The number of aryl methyl sites for hydroxylation is 1. The van der Waals surface area contributed by atoms with Gasteiger partial charge in [0.1, 0.15) is 0 Å². The Bertz CT molecular complexity index is 535. The van der Waals surface area contributed by atoms with Crippen LogP contribution in [0.15, 0.2) is 23.0 Å². The van der Waals surface area contributed by atoms with E-state index in [2.05, 4.69) is 26.8 Å². The van der Waals surface area contributed by atoms with Crippen molar-refractivity contribution in [2.75, 3.05) is 0 Å². The average molecular weight is 320 g/mol. The quantitative estimate of drug-likeness (QED) is 0.878. The molecule has 3 nitrogen and oxygen atoms in total. The molecule has 3 heteroatoms. The second-order valence-corrected chi connectivity index (χ2v) is 8.79. The van der Waals surface area contributed by atoms with Gasteiger partial charge in [0.15, 0.2) is 0 Å². The summed E-state index contributed by atoms with van der Waals surface area (Å²) in [4.78, 5) is 0. The monoisotopic (exact) mass is 320 g/mol. The predicted molar refractivity (Wildman–Crippen MR) is 91.0 cm³/mol. The zero-order chi connectivity index (χ0) is 16.9. The molecule has 2 N–H and O–H groups in total. The van der Waals surface area contributed by atoms with E-state index in [-0.39, 0.29) is 10.8 Å². The molecule has 130 valence electrons. The first kappa shape index (κ1) is 17.0. The molecule has 6 atom stereocenters. The molecule has 23 heavy (non-hydrogen) atoms. The van der Waals surface area contributed by atoms with Crippen LogP contribution in [0.4, 0.5) is 0 Å². The van der Waals surface area contributed by atoms with E-state index >= 15 is 0 Å². The molecular formula is C20H32O3. The molecule has 2 aliphatic rings. The fraction of sp³-hybridized carbons (Fsp3) is 0.800. The van der Waals surface area contributed by atoms with Crippen LogP contribution in [0.1, 0.15) is 65.4 Å². The van der Waals surface area contributed by atoms with Gasteiger partial charge >= 0.3 is 0 Å². The molecule has 0 spiro atoms. The van der Waals surface area contributed by atoms with E-state index in [1.807, 2.05) is 13.2 Å². The van der Waals surface area contributed by atoms with Crippen LogP contribution in [0.2, 0.25) is 0 Å². The van der Waals surface area contributed by atoms with Gasteiger partial charge in [0, 0.05) is 5.41 Å². The van der Waals surface area contributed by atoms with Crippen LogP contribution in [-0.4, -0.2) is 21.9 Å². The second-order valence-electron chi connectivity index (χ2n) is 8.79. The Morgan fingerprint density at radius 1 is 1.22 bits per heavy atom. The van der Waals surface area contributed by atoms with Crippen LogP contribution in [0.25, 0.3) is 0 Å². The highest BCUT2D eigenvalue weighted by Crippen LogP contribution is 2.64. The number of aliphatic hydroxyl groups excluding tert-OH is 1. The van der Waals surface area contributed by atoms with Gasteiger partial charge in [-0.05, 0) is 74.3 Å². The maximum atomic E-state index is 11.1. The Labute approximate surface area is 140 Å². The van der Waals surface area contributed by atoms with Crippen molar-refractivity contribution in [1.82, 2.24) is 0 Å². The summed E-state index contributed by atoms with van der Waals surface area (Å²) in [7, 11) is 0. The summed E-state index contributed by atoms with van der Waals surface area (Å²) in [6.45, 7) is 8.85. The standard InChI is InChI=1S/C20H32O3/c1-14-7-11-19(3)16(5-6-17(21)20(19,4)22)18(14,2)10-8-15-9-12-23-13-15/h9,12-14,16-17,21-22H,5-8,10-11H2,1-4H3. The van der Waals surface area contributed by atoms with Crippen molar-refractivity contribution in [1.29, 1.82) is 0 Å². The second kappa shape index (κ2) is 5.63. The average Bonchev–Trinajstić information content (AvgIpc) is 3.01. The molecule has 0 bridgehead atoms. The van der Waals surface area contributed by atoms with E-state index in [4.69, 9.17) is 4.42 Å². The summed E-state index contributed by atoms with van der Waals surface area (Å²) in [5.41, 5.74) is 0.247. The van der Waals surface area contributed by atoms with Gasteiger partial charge in [-0.2, -0.15) is 0 Å². The number of aliphatic hydroxyl groups is 2. The van der Waals surface area contributed by atoms with E-state index in [0.717, 1.165) is 32.1 Å². The van der Waals surface area contributed by atoms with Crippen LogP contribution >= 0.6 is 0 Å². The molecule has 1 aromatic heterocycles. The summed E-state index contributed by atoms with van der Waals surface area (Å²) < 4.78 is 5.21. The summed E-state index contributed by atoms with van der Waals surface area (Å²) in [5.74, 6) is 1.09. The Morgan fingerprint density at radius 3 is 2.61 bits per heavy atom. The third-order valence-corrected chi connectivity index (χ3v) is 7.85. The smallest absolute Gasteiger partial charge is 0.0934 e. The molecule has 1 heterocycles. The fourth-order valence-corrected chi connectivity index (χ4v) is 5.60. The number of fused-ring (bicyclic) bond motifs is 1. The van der Waals surface area contributed by atoms with Gasteiger partial charge in [0.05, 0.1) is 24.2 Å². The minimum absolute atomic E-state index is 0.189. The molecule has 0 aliphatic heterocycles. The van der Waals surface area contributed by atoms with Gasteiger partial charge < -0.3 is 14.6 Å². The Morgan fingerprint density at radius 2 is 1.96 bits per heavy atom. The zero-order valence-corrected chi connectivity index (χ0v) is 15.0. The highest BCUT2D eigenvalue weighted by molar-refractivity contribution is 5.13. The van der Waals surface area contributed by atoms with Crippen LogP contribution in [0, 0.1) is 22.7 Å². The van der Waals surface area contributed by atoms with Crippen molar-refractivity contribution >= 4 is 0 Å². The minimum Gasteiger partial charge on any atom is -0.472 e. The normalized spacial score (nSPS) is 47.3. The van der Waals surface area contributed by atoms with Gasteiger partial charge in [-0.3, -0.25) is 0 Å². The summed E-state index contributed by atoms with van der Waals surface area (Å²) in [5, 5.41) is 21.5. The summed E-state index contributed by atoms with van der Waals surface area (Å²) >= 11 is 0.